The maximum absolute atomic E-state index is 11.0. The van der Waals surface area contributed by atoms with Gasteiger partial charge < -0.3 is 38.6 Å². The number of allylic oxidation sites excluding steroid dienone is 2. The molecule has 3 fully saturated rings. The predicted molar refractivity (Wildman–Crippen MR) is 143 cm³/mol. The van der Waals surface area contributed by atoms with E-state index in [1.165, 1.54) is 0 Å². The molecule has 0 spiro atoms. The zero-order valence-electron chi connectivity index (χ0n) is 22.7. The summed E-state index contributed by atoms with van der Waals surface area (Å²) in [7, 11) is 0. The smallest absolute Gasteiger partial charge is 0.303 e. The molecule has 1 saturated carbocycles. The molecule has 1 aromatic rings. The average Bonchev–Trinajstić information content (AvgIpc) is 3.24. The number of aliphatic hydroxyl groups excluding tert-OH is 1. The Hall–Kier alpha value is -2.01. The van der Waals surface area contributed by atoms with Crippen molar-refractivity contribution in [1.82, 2.24) is 0 Å². The number of carboxylic acids is 1. The molecule has 1 aromatic carbocycles. The van der Waals surface area contributed by atoms with Crippen LogP contribution in [0.2, 0.25) is 0 Å². The number of benzene rings is 1. The minimum Gasteiger partial charge on any atom is -0.491 e. The van der Waals surface area contributed by atoms with Crippen molar-refractivity contribution in [3.63, 3.8) is 0 Å². The molecule has 9 nitrogen and oxygen atoms in total. The van der Waals surface area contributed by atoms with Crippen molar-refractivity contribution in [3.05, 3.63) is 42.5 Å². The quantitative estimate of drug-likeness (QED) is 0.307. The Balaban J connectivity index is 1.40. The molecule has 2 saturated heterocycles. The van der Waals surface area contributed by atoms with Gasteiger partial charge in [-0.3, -0.25) is 4.79 Å². The summed E-state index contributed by atoms with van der Waals surface area (Å²) in [6.07, 6.45) is 8.93. The fourth-order valence-electron chi connectivity index (χ4n) is 5.37. The molecule has 7 atom stereocenters. The monoisotopic (exact) mass is 548 g/mol. The minimum absolute atomic E-state index is 0.0814. The summed E-state index contributed by atoms with van der Waals surface area (Å²) < 4.78 is 36.8. The minimum atomic E-state index is -0.826. The highest BCUT2D eigenvalue weighted by atomic mass is 16.7. The van der Waals surface area contributed by atoms with E-state index in [-0.39, 0.29) is 49.8 Å². The van der Waals surface area contributed by atoms with E-state index in [9.17, 15) is 9.90 Å². The van der Waals surface area contributed by atoms with Crippen LogP contribution < -0.4 is 4.74 Å². The molecule has 218 valence electrons. The predicted octanol–water partition coefficient (Wildman–Crippen LogP) is 4.47. The normalized spacial score (nSPS) is 30.4. The van der Waals surface area contributed by atoms with Crippen LogP contribution in [-0.4, -0.2) is 79.6 Å². The van der Waals surface area contributed by atoms with E-state index in [2.05, 4.69) is 0 Å². The van der Waals surface area contributed by atoms with Crippen molar-refractivity contribution in [2.75, 3.05) is 26.4 Å². The van der Waals surface area contributed by atoms with Gasteiger partial charge in [-0.1, -0.05) is 30.4 Å². The molecular weight excluding hydrogens is 504 g/mol. The van der Waals surface area contributed by atoms with E-state index in [0.717, 1.165) is 44.3 Å². The number of carboxylic acid groups (broad SMARTS) is 1. The van der Waals surface area contributed by atoms with Gasteiger partial charge in [0.05, 0.1) is 24.9 Å². The Labute approximate surface area is 231 Å². The molecule has 1 aliphatic carbocycles. The van der Waals surface area contributed by atoms with Gasteiger partial charge in [0.25, 0.3) is 0 Å². The molecule has 7 unspecified atom stereocenters. The van der Waals surface area contributed by atoms with Crippen LogP contribution in [0.15, 0.2) is 42.5 Å². The number of aliphatic carboxylic acids is 1. The van der Waals surface area contributed by atoms with Crippen LogP contribution in [0, 0.1) is 5.92 Å². The molecule has 39 heavy (non-hydrogen) atoms. The zero-order valence-corrected chi connectivity index (χ0v) is 22.7. The molecular formula is C30H44O9. The van der Waals surface area contributed by atoms with Gasteiger partial charge in [-0.05, 0) is 63.5 Å². The Morgan fingerprint density at radius 2 is 1.74 bits per heavy atom. The molecule has 4 rings (SSSR count). The van der Waals surface area contributed by atoms with Gasteiger partial charge in [-0.15, -0.1) is 0 Å². The zero-order chi connectivity index (χ0) is 27.3. The summed E-state index contributed by atoms with van der Waals surface area (Å²) in [4.78, 5) is 10.8. The lowest BCUT2D eigenvalue weighted by atomic mass is 9.98. The molecule has 2 aliphatic heterocycles. The first kappa shape index (κ1) is 30.0. The van der Waals surface area contributed by atoms with Crippen LogP contribution in [-0.2, 0) is 28.5 Å². The summed E-state index contributed by atoms with van der Waals surface area (Å²) in [5.41, 5.74) is 0. The van der Waals surface area contributed by atoms with E-state index in [0.29, 0.717) is 39.1 Å². The van der Waals surface area contributed by atoms with Crippen molar-refractivity contribution in [2.45, 2.75) is 101 Å². The van der Waals surface area contributed by atoms with E-state index in [1.54, 1.807) is 0 Å². The number of aliphatic hydroxyl groups is 1. The van der Waals surface area contributed by atoms with Gasteiger partial charge in [0.1, 0.15) is 18.5 Å². The van der Waals surface area contributed by atoms with Crippen molar-refractivity contribution in [1.29, 1.82) is 0 Å². The van der Waals surface area contributed by atoms with E-state index >= 15 is 0 Å². The van der Waals surface area contributed by atoms with Crippen LogP contribution >= 0.6 is 0 Å². The molecule has 2 N–H and O–H groups in total. The summed E-state index contributed by atoms with van der Waals surface area (Å²) in [5.74, 6) is -0.262. The first-order valence-corrected chi connectivity index (χ1v) is 14.5. The summed E-state index contributed by atoms with van der Waals surface area (Å²) in [6, 6.07) is 9.61. The Kier molecular flexibility index (Phi) is 12.5. The second kappa shape index (κ2) is 16.3. The maximum atomic E-state index is 11.0. The van der Waals surface area contributed by atoms with E-state index in [4.69, 9.17) is 33.5 Å². The fraction of sp³-hybridized carbons (Fsp3) is 0.700. The fourth-order valence-corrected chi connectivity index (χ4v) is 5.37. The van der Waals surface area contributed by atoms with Gasteiger partial charge in [-0.2, -0.15) is 0 Å². The highest BCUT2D eigenvalue weighted by Crippen LogP contribution is 2.36. The number of ether oxygens (including phenoxy) is 6. The van der Waals surface area contributed by atoms with Gasteiger partial charge >= 0.3 is 5.97 Å². The molecule has 0 radical (unpaired) electrons. The third-order valence-electron chi connectivity index (χ3n) is 7.46. The summed E-state index contributed by atoms with van der Waals surface area (Å²) in [6.45, 7) is 1.92. The number of hydrogen-bond donors (Lipinski definition) is 2. The maximum Gasteiger partial charge on any atom is 0.303 e. The lowest BCUT2D eigenvalue weighted by Crippen LogP contribution is -2.40. The first-order chi connectivity index (χ1) is 19.1. The van der Waals surface area contributed by atoms with Crippen LogP contribution in [0.25, 0.3) is 0 Å². The lowest BCUT2D eigenvalue weighted by Gasteiger charge is -2.32. The molecule has 0 bridgehead atoms. The van der Waals surface area contributed by atoms with Gasteiger partial charge in [-0.25, -0.2) is 0 Å². The number of hydrogen-bond acceptors (Lipinski definition) is 8. The Bertz CT molecular complexity index is 851. The standard InChI is InChI=1S/C30H44O9/c31-25-19-26(39-29-16-8-10-18-35-29)30(24(25)13-5-2-6-14-27(32)33)37-21-23(38-28-15-7-9-17-34-28)20-36-22-11-3-1-4-12-22/h1-5,11-12,23-26,28-31H,6-10,13-21H2,(H,32,33). The highest BCUT2D eigenvalue weighted by molar-refractivity contribution is 5.66. The van der Waals surface area contributed by atoms with Gasteiger partial charge in [0.15, 0.2) is 12.6 Å². The largest absolute Gasteiger partial charge is 0.491 e. The van der Waals surface area contributed by atoms with Crippen LogP contribution in [0.1, 0.15) is 64.2 Å². The first-order valence-electron chi connectivity index (χ1n) is 14.5. The second-order valence-corrected chi connectivity index (χ2v) is 10.6. The number of rotatable bonds is 15. The molecule has 0 aromatic heterocycles. The highest BCUT2D eigenvalue weighted by Gasteiger charge is 2.45. The molecule has 0 amide bonds. The summed E-state index contributed by atoms with van der Waals surface area (Å²) in [5, 5.41) is 19.9. The van der Waals surface area contributed by atoms with Gasteiger partial charge in [0.2, 0.25) is 0 Å². The van der Waals surface area contributed by atoms with Crippen molar-refractivity contribution >= 4 is 5.97 Å². The third kappa shape index (κ3) is 10.2. The average molecular weight is 549 g/mol. The molecule has 3 aliphatic rings. The van der Waals surface area contributed by atoms with E-state index in [1.807, 2.05) is 42.5 Å². The van der Waals surface area contributed by atoms with Crippen molar-refractivity contribution in [3.8, 4) is 5.75 Å². The second-order valence-electron chi connectivity index (χ2n) is 10.6. The third-order valence-corrected chi connectivity index (χ3v) is 7.46. The Morgan fingerprint density at radius 3 is 2.44 bits per heavy atom. The topological polar surface area (TPSA) is 113 Å². The van der Waals surface area contributed by atoms with Crippen molar-refractivity contribution < 1.29 is 43.4 Å². The number of para-hydroxylation sites is 1. The number of carbonyl (C=O) groups is 1. The SMILES string of the molecule is O=C(O)CCC=CCC1C(O)CC(OC2CCCCO2)C1OCC(COc1ccccc1)OC1CCCCO1. The lowest BCUT2D eigenvalue weighted by molar-refractivity contribution is -0.226. The Morgan fingerprint density at radius 1 is 1.00 bits per heavy atom. The molecule has 9 heteroatoms. The summed E-state index contributed by atoms with van der Waals surface area (Å²) >= 11 is 0. The van der Waals surface area contributed by atoms with E-state index < -0.39 is 12.1 Å². The van der Waals surface area contributed by atoms with Crippen LogP contribution in [0.3, 0.4) is 0 Å². The van der Waals surface area contributed by atoms with Gasteiger partial charge in [0, 0.05) is 32.0 Å². The molecule has 2 heterocycles. The van der Waals surface area contributed by atoms with Crippen LogP contribution in [0.5, 0.6) is 5.75 Å². The van der Waals surface area contributed by atoms with Crippen LogP contribution in [0.4, 0.5) is 0 Å². The van der Waals surface area contributed by atoms with Crippen molar-refractivity contribution in [2.24, 2.45) is 5.92 Å².